The van der Waals surface area contributed by atoms with E-state index in [0.717, 1.165) is 12.3 Å². The van der Waals surface area contributed by atoms with E-state index in [1.54, 1.807) is 6.07 Å². The second-order valence-corrected chi connectivity index (χ2v) is 5.34. The van der Waals surface area contributed by atoms with Crippen molar-refractivity contribution in [2.45, 2.75) is 11.8 Å². The molecule has 1 rings (SSSR count). The lowest BCUT2D eigenvalue weighted by atomic mass is 10.1. The smallest absolute Gasteiger partial charge is 0.337 e. The van der Waals surface area contributed by atoms with E-state index < -0.39 is 15.8 Å². The largest absolute Gasteiger partial charge is 0.478 e. The molecule has 84 valence electrons. The van der Waals surface area contributed by atoms with Crippen molar-refractivity contribution < 1.29 is 18.3 Å². The molecule has 0 bridgehead atoms. The number of hydrogen-bond donors (Lipinski definition) is 1. The lowest BCUT2D eigenvalue weighted by molar-refractivity contribution is 0.0696. The molecule has 0 heterocycles. The maximum atomic E-state index is 11.4. The van der Waals surface area contributed by atoms with Crippen molar-refractivity contribution in [3.05, 3.63) is 28.8 Å². The third kappa shape index (κ3) is 2.20. The van der Waals surface area contributed by atoms with Crippen molar-refractivity contribution in [1.29, 1.82) is 5.26 Å². The number of aryl methyl sites for hydroxylation is 1. The molecule has 0 unspecified atom stereocenters. The van der Waals surface area contributed by atoms with E-state index in [0.29, 0.717) is 5.56 Å². The van der Waals surface area contributed by atoms with Crippen LogP contribution in [0.2, 0.25) is 0 Å². The fraction of sp³-hybridized carbons (Fsp3) is 0.200. The Hall–Kier alpha value is -1.87. The monoisotopic (exact) mass is 239 g/mol. The van der Waals surface area contributed by atoms with Crippen molar-refractivity contribution >= 4 is 15.8 Å². The summed E-state index contributed by atoms with van der Waals surface area (Å²) in [4.78, 5) is 10.8. The van der Waals surface area contributed by atoms with Gasteiger partial charge in [-0.1, -0.05) is 0 Å². The van der Waals surface area contributed by atoms with Crippen LogP contribution in [0.5, 0.6) is 0 Å². The molecule has 0 amide bonds. The lowest BCUT2D eigenvalue weighted by Gasteiger charge is -2.06. The second-order valence-electron chi connectivity index (χ2n) is 3.35. The maximum Gasteiger partial charge on any atom is 0.337 e. The number of benzene rings is 1. The summed E-state index contributed by atoms with van der Waals surface area (Å²) in [5.74, 6) is -1.32. The summed E-state index contributed by atoms with van der Waals surface area (Å²) < 4.78 is 22.7. The van der Waals surface area contributed by atoms with Gasteiger partial charge in [0.2, 0.25) is 0 Å². The van der Waals surface area contributed by atoms with E-state index in [4.69, 9.17) is 10.4 Å². The highest BCUT2D eigenvalue weighted by atomic mass is 32.2. The SMILES string of the molecule is Cc1cc(C#N)c(C(=O)O)cc1S(C)(=O)=O. The second kappa shape index (κ2) is 3.94. The normalized spacial score (nSPS) is 10.8. The van der Waals surface area contributed by atoms with Gasteiger partial charge in [-0.05, 0) is 24.6 Å². The number of carboxylic acids is 1. The van der Waals surface area contributed by atoms with Gasteiger partial charge in [0.25, 0.3) is 0 Å². The standard InChI is InChI=1S/C10H9NO4S/c1-6-3-7(5-11)8(10(12)13)4-9(6)16(2,14)15/h3-4H,1-2H3,(H,12,13). The van der Waals surface area contributed by atoms with Crippen molar-refractivity contribution in [2.75, 3.05) is 6.26 Å². The van der Waals surface area contributed by atoms with Crippen LogP contribution in [-0.4, -0.2) is 25.7 Å². The minimum Gasteiger partial charge on any atom is -0.478 e. The predicted octanol–water partition coefficient (Wildman–Crippen LogP) is 0.968. The van der Waals surface area contributed by atoms with Gasteiger partial charge in [0, 0.05) is 6.26 Å². The van der Waals surface area contributed by atoms with Gasteiger partial charge in [0.15, 0.2) is 9.84 Å². The van der Waals surface area contributed by atoms with Crippen LogP contribution in [0.15, 0.2) is 17.0 Å². The minimum atomic E-state index is -3.49. The first-order chi connectivity index (χ1) is 7.27. The van der Waals surface area contributed by atoms with Gasteiger partial charge < -0.3 is 5.11 Å². The van der Waals surface area contributed by atoms with E-state index in [1.807, 2.05) is 0 Å². The first-order valence-corrected chi connectivity index (χ1v) is 6.14. The summed E-state index contributed by atoms with van der Waals surface area (Å²) >= 11 is 0. The molecule has 1 aromatic carbocycles. The van der Waals surface area contributed by atoms with Gasteiger partial charge in [-0.3, -0.25) is 0 Å². The Bertz CT molecular complexity index is 596. The predicted molar refractivity (Wildman–Crippen MR) is 56.0 cm³/mol. The van der Waals surface area contributed by atoms with E-state index in [-0.39, 0.29) is 16.0 Å². The van der Waals surface area contributed by atoms with E-state index >= 15 is 0 Å². The average Bonchev–Trinajstić information content (AvgIpc) is 2.14. The Labute approximate surface area is 92.9 Å². The Morgan fingerprint density at radius 2 is 2.00 bits per heavy atom. The molecule has 0 atom stereocenters. The van der Waals surface area contributed by atoms with Crippen LogP contribution in [0, 0.1) is 18.3 Å². The van der Waals surface area contributed by atoms with E-state index in [2.05, 4.69) is 0 Å². The summed E-state index contributed by atoms with van der Waals surface area (Å²) in [6.45, 7) is 1.52. The van der Waals surface area contributed by atoms with Gasteiger partial charge in [0.1, 0.15) is 6.07 Å². The molecule has 0 radical (unpaired) electrons. The maximum absolute atomic E-state index is 11.4. The van der Waals surface area contributed by atoms with E-state index in [1.165, 1.54) is 13.0 Å². The summed E-state index contributed by atoms with van der Waals surface area (Å²) in [7, 11) is -3.49. The number of carbonyl (C=O) groups is 1. The van der Waals surface area contributed by atoms with E-state index in [9.17, 15) is 13.2 Å². The van der Waals surface area contributed by atoms with Gasteiger partial charge in [0.05, 0.1) is 16.0 Å². The molecule has 0 aliphatic rings. The van der Waals surface area contributed by atoms with Crippen LogP contribution >= 0.6 is 0 Å². The molecule has 0 aliphatic carbocycles. The molecular weight excluding hydrogens is 230 g/mol. The summed E-state index contributed by atoms with van der Waals surface area (Å²) in [6.07, 6.45) is 0.993. The molecule has 1 N–H and O–H groups in total. The van der Waals surface area contributed by atoms with Crippen LogP contribution in [0.3, 0.4) is 0 Å². The third-order valence-electron chi connectivity index (χ3n) is 2.07. The average molecular weight is 239 g/mol. The highest BCUT2D eigenvalue weighted by Crippen LogP contribution is 2.20. The lowest BCUT2D eigenvalue weighted by Crippen LogP contribution is -2.07. The molecule has 0 saturated heterocycles. The summed E-state index contributed by atoms with van der Waals surface area (Å²) in [5, 5.41) is 17.6. The molecule has 0 saturated carbocycles. The Morgan fingerprint density at radius 1 is 1.44 bits per heavy atom. The molecule has 1 aromatic rings. The molecule has 0 spiro atoms. The van der Waals surface area contributed by atoms with Gasteiger partial charge in [-0.25, -0.2) is 13.2 Å². The minimum absolute atomic E-state index is 0.0441. The number of carboxylic acid groups (broad SMARTS) is 1. The Kier molecular flexibility index (Phi) is 3.01. The fourth-order valence-corrected chi connectivity index (χ4v) is 2.33. The van der Waals surface area contributed by atoms with Gasteiger partial charge in [-0.15, -0.1) is 0 Å². The first kappa shape index (κ1) is 12.2. The van der Waals surface area contributed by atoms with Crippen molar-refractivity contribution in [3.8, 4) is 6.07 Å². The highest BCUT2D eigenvalue weighted by Gasteiger charge is 2.18. The van der Waals surface area contributed by atoms with Gasteiger partial charge >= 0.3 is 5.97 Å². The zero-order valence-corrected chi connectivity index (χ0v) is 9.50. The van der Waals surface area contributed by atoms with Crippen LogP contribution in [0.1, 0.15) is 21.5 Å². The number of aromatic carboxylic acids is 1. The Morgan fingerprint density at radius 3 is 2.38 bits per heavy atom. The first-order valence-electron chi connectivity index (χ1n) is 4.25. The molecule has 0 aliphatic heterocycles. The number of nitriles is 1. The molecule has 16 heavy (non-hydrogen) atoms. The number of hydrogen-bond acceptors (Lipinski definition) is 4. The molecule has 0 fully saturated rings. The van der Waals surface area contributed by atoms with Crippen LogP contribution < -0.4 is 0 Å². The number of sulfone groups is 1. The van der Waals surface area contributed by atoms with Crippen molar-refractivity contribution in [1.82, 2.24) is 0 Å². The molecule has 6 heteroatoms. The molecular formula is C10H9NO4S. The van der Waals surface area contributed by atoms with Crippen LogP contribution in [0.25, 0.3) is 0 Å². The molecule has 5 nitrogen and oxygen atoms in total. The van der Waals surface area contributed by atoms with Crippen LogP contribution in [-0.2, 0) is 9.84 Å². The van der Waals surface area contributed by atoms with Crippen LogP contribution in [0.4, 0.5) is 0 Å². The quantitative estimate of drug-likeness (QED) is 0.829. The zero-order chi connectivity index (χ0) is 12.5. The fourth-order valence-electron chi connectivity index (χ4n) is 1.36. The molecule has 0 aromatic heterocycles. The van der Waals surface area contributed by atoms with Crippen molar-refractivity contribution in [3.63, 3.8) is 0 Å². The number of nitrogens with zero attached hydrogens (tertiary/aromatic N) is 1. The third-order valence-corrected chi connectivity index (χ3v) is 3.30. The Balaban J connectivity index is 3.67. The van der Waals surface area contributed by atoms with Gasteiger partial charge in [-0.2, -0.15) is 5.26 Å². The summed E-state index contributed by atoms with van der Waals surface area (Å²) in [5.41, 5.74) is 0.0231. The summed E-state index contributed by atoms with van der Waals surface area (Å²) in [6, 6.07) is 4.00. The number of rotatable bonds is 2. The van der Waals surface area contributed by atoms with Crippen molar-refractivity contribution in [2.24, 2.45) is 0 Å². The topological polar surface area (TPSA) is 95.2 Å². The zero-order valence-electron chi connectivity index (χ0n) is 8.68. The highest BCUT2D eigenvalue weighted by molar-refractivity contribution is 7.90.